The van der Waals surface area contributed by atoms with E-state index in [-0.39, 0.29) is 11.5 Å². The Morgan fingerprint density at radius 2 is 2.19 bits per heavy atom. The van der Waals surface area contributed by atoms with Gasteiger partial charge in [-0.3, -0.25) is 14.5 Å². The number of nitrogens with two attached hydrogens (primary N) is 1. The van der Waals surface area contributed by atoms with Crippen molar-refractivity contribution in [3.63, 3.8) is 0 Å². The minimum absolute atomic E-state index is 0.138. The number of carbonyl (C=O) groups excluding carboxylic acids is 2. The van der Waals surface area contributed by atoms with Gasteiger partial charge in [-0.25, -0.2) is 0 Å². The second-order valence-electron chi connectivity index (χ2n) is 4.39. The van der Waals surface area contributed by atoms with Crippen molar-refractivity contribution in [1.29, 1.82) is 5.26 Å². The van der Waals surface area contributed by atoms with E-state index >= 15 is 0 Å². The molecule has 6 nitrogen and oxygen atoms in total. The van der Waals surface area contributed by atoms with Gasteiger partial charge in [-0.1, -0.05) is 13.0 Å². The number of nitrogens with one attached hydrogen (secondary N) is 1. The number of hydrogen-bond acceptors (Lipinski definition) is 4. The summed E-state index contributed by atoms with van der Waals surface area (Å²) in [6, 6.07) is 8.45. The van der Waals surface area contributed by atoms with Crippen molar-refractivity contribution in [3.8, 4) is 6.07 Å². The summed E-state index contributed by atoms with van der Waals surface area (Å²) in [6.07, 6.45) is 1.98. The molecule has 1 aromatic carbocycles. The van der Waals surface area contributed by atoms with Gasteiger partial charge < -0.3 is 11.1 Å². The lowest BCUT2D eigenvalue weighted by molar-refractivity contribution is -0.117. The van der Waals surface area contributed by atoms with Crippen LogP contribution in [0.25, 0.3) is 0 Å². The lowest BCUT2D eigenvalue weighted by Crippen LogP contribution is -2.29. The first-order chi connectivity index (χ1) is 9.99. The van der Waals surface area contributed by atoms with Gasteiger partial charge in [-0.2, -0.15) is 5.26 Å². The van der Waals surface area contributed by atoms with E-state index in [0.717, 1.165) is 6.42 Å². The lowest BCUT2D eigenvalue weighted by Gasteiger charge is -2.17. The van der Waals surface area contributed by atoms with Crippen LogP contribution < -0.4 is 16.0 Å². The number of carbonyl (C=O) groups is 2. The quantitative estimate of drug-likeness (QED) is 0.487. The van der Waals surface area contributed by atoms with Crippen molar-refractivity contribution >= 4 is 23.2 Å². The molecule has 0 spiro atoms. The molecule has 3 N–H and O–H groups in total. The van der Waals surface area contributed by atoms with Crippen molar-refractivity contribution in [2.24, 2.45) is 0 Å². The molecule has 0 heterocycles. The molecule has 6 heteroatoms. The molecule has 0 aromatic heterocycles. The fourth-order valence-corrected chi connectivity index (χ4v) is 1.62. The molecular weight excluding hydrogens is 268 g/mol. The molecule has 21 heavy (non-hydrogen) atoms. The lowest BCUT2D eigenvalue weighted by atomic mass is 10.2. The first-order valence-electron chi connectivity index (χ1n) is 6.55. The summed E-state index contributed by atoms with van der Waals surface area (Å²) in [4.78, 5) is 24.8. The molecule has 0 saturated heterocycles. The fraction of sp³-hybridized carbons (Fsp3) is 0.267. The van der Waals surface area contributed by atoms with Gasteiger partial charge in [0.1, 0.15) is 11.6 Å². The van der Waals surface area contributed by atoms with Gasteiger partial charge in [0, 0.05) is 25.4 Å². The van der Waals surface area contributed by atoms with Crippen LogP contribution in [0.2, 0.25) is 0 Å². The van der Waals surface area contributed by atoms with Crippen LogP contribution in [0, 0.1) is 11.3 Å². The van der Waals surface area contributed by atoms with E-state index in [0.29, 0.717) is 17.9 Å². The number of nitrogen functional groups attached to an aromatic ring is 1. The van der Waals surface area contributed by atoms with E-state index in [9.17, 15) is 9.59 Å². The number of amides is 2. The van der Waals surface area contributed by atoms with Crippen molar-refractivity contribution in [2.75, 3.05) is 17.2 Å². The Morgan fingerprint density at radius 3 is 2.71 bits per heavy atom. The molecular formula is C15H18N4O2. The maximum atomic E-state index is 11.8. The Hall–Kier alpha value is -2.81. The number of nitrogens with zero attached hydrogens (tertiary/aromatic N) is 2. The van der Waals surface area contributed by atoms with Crippen LogP contribution in [-0.2, 0) is 9.59 Å². The first kappa shape index (κ1) is 16.2. The Kier molecular flexibility index (Phi) is 5.96. The van der Waals surface area contributed by atoms with E-state index in [1.165, 1.54) is 18.0 Å². The Labute approximate surface area is 123 Å². The molecule has 2 amide bonds. The molecule has 0 bridgehead atoms. The maximum absolute atomic E-state index is 11.8. The third-order valence-corrected chi connectivity index (χ3v) is 2.65. The average Bonchev–Trinajstić information content (AvgIpc) is 2.45. The summed E-state index contributed by atoms with van der Waals surface area (Å²) in [7, 11) is 0. The second-order valence-corrected chi connectivity index (χ2v) is 4.39. The Balaban J connectivity index is 3.11. The molecule has 0 atom stereocenters. The largest absolute Gasteiger partial charge is 0.399 e. The number of nitriles is 1. The van der Waals surface area contributed by atoms with Crippen LogP contribution >= 0.6 is 0 Å². The van der Waals surface area contributed by atoms with E-state index in [1.54, 1.807) is 30.3 Å². The van der Waals surface area contributed by atoms with E-state index in [4.69, 9.17) is 11.0 Å². The van der Waals surface area contributed by atoms with E-state index in [2.05, 4.69) is 5.32 Å². The summed E-state index contributed by atoms with van der Waals surface area (Å²) in [5.41, 5.74) is 6.53. The SMILES string of the molecule is CCCNC(=O)/C(C#N)=C\N(C(C)=O)c1cccc(N)c1. The zero-order valence-electron chi connectivity index (χ0n) is 12.1. The highest BCUT2D eigenvalue weighted by Gasteiger charge is 2.14. The number of anilines is 2. The predicted octanol–water partition coefficient (Wildman–Crippen LogP) is 1.56. The van der Waals surface area contributed by atoms with Crippen LogP contribution in [-0.4, -0.2) is 18.4 Å². The highest BCUT2D eigenvalue weighted by atomic mass is 16.2. The zero-order valence-corrected chi connectivity index (χ0v) is 12.1. The fourth-order valence-electron chi connectivity index (χ4n) is 1.62. The normalized spacial score (nSPS) is 10.6. The standard InChI is InChI=1S/C15H18N4O2/c1-3-7-18-15(21)12(9-16)10-19(11(2)20)14-6-4-5-13(17)8-14/h4-6,8,10H,3,7,17H2,1-2H3,(H,18,21)/b12-10-. The van der Waals surface area contributed by atoms with Crippen molar-refractivity contribution in [2.45, 2.75) is 20.3 Å². The predicted molar refractivity (Wildman–Crippen MR) is 81.0 cm³/mol. The van der Waals surface area contributed by atoms with Gasteiger partial charge in [-0.15, -0.1) is 0 Å². The van der Waals surface area contributed by atoms with E-state index in [1.807, 2.05) is 6.92 Å². The highest BCUT2D eigenvalue weighted by molar-refractivity contribution is 6.01. The number of hydrogen-bond donors (Lipinski definition) is 2. The molecule has 0 aliphatic heterocycles. The molecule has 0 radical (unpaired) electrons. The Morgan fingerprint density at radius 1 is 1.48 bits per heavy atom. The van der Waals surface area contributed by atoms with Gasteiger partial charge in [0.05, 0.1) is 5.69 Å². The summed E-state index contributed by atoms with van der Waals surface area (Å²) < 4.78 is 0. The topological polar surface area (TPSA) is 99.2 Å². The molecule has 1 aromatic rings. The van der Waals surface area contributed by atoms with Crippen LogP contribution in [0.4, 0.5) is 11.4 Å². The minimum atomic E-state index is -0.505. The molecule has 110 valence electrons. The van der Waals surface area contributed by atoms with Gasteiger partial charge in [0.2, 0.25) is 5.91 Å². The first-order valence-corrected chi connectivity index (χ1v) is 6.55. The molecule has 0 saturated carbocycles. The van der Waals surface area contributed by atoms with Gasteiger partial charge >= 0.3 is 0 Å². The van der Waals surface area contributed by atoms with Gasteiger partial charge in [0.25, 0.3) is 5.91 Å². The maximum Gasteiger partial charge on any atom is 0.263 e. The molecule has 0 aliphatic carbocycles. The summed E-state index contributed by atoms with van der Waals surface area (Å²) in [5, 5.41) is 11.7. The molecule has 0 aliphatic rings. The smallest absolute Gasteiger partial charge is 0.263 e. The molecule has 0 fully saturated rings. The summed E-state index contributed by atoms with van der Waals surface area (Å²) in [5.74, 6) is -0.828. The van der Waals surface area contributed by atoms with Gasteiger partial charge in [0.15, 0.2) is 0 Å². The third kappa shape index (κ3) is 4.66. The van der Waals surface area contributed by atoms with E-state index < -0.39 is 5.91 Å². The van der Waals surface area contributed by atoms with Crippen molar-refractivity contribution < 1.29 is 9.59 Å². The summed E-state index contributed by atoms with van der Waals surface area (Å²) in [6.45, 7) is 3.72. The van der Waals surface area contributed by atoms with Crippen molar-refractivity contribution in [1.82, 2.24) is 5.32 Å². The summed E-state index contributed by atoms with van der Waals surface area (Å²) >= 11 is 0. The van der Waals surface area contributed by atoms with Crippen molar-refractivity contribution in [3.05, 3.63) is 36.0 Å². The molecule has 1 rings (SSSR count). The van der Waals surface area contributed by atoms with Crippen LogP contribution in [0.5, 0.6) is 0 Å². The van der Waals surface area contributed by atoms with Gasteiger partial charge in [-0.05, 0) is 24.6 Å². The van der Waals surface area contributed by atoms with Crippen LogP contribution in [0.3, 0.4) is 0 Å². The Bertz CT molecular complexity index is 602. The van der Waals surface area contributed by atoms with Crippen LogP contribution in [0.15, 0.2) is 36.0 Å². The monoisotopic (exact) mass is 286 g/mol. The van der Waals surface area contributed by atoms with Crippen LogP contribution in [0.1, 0.15) is 20.3 Å². The average molecular weight is 286 g/mol. The zero-order chi connectivity index (χ0) is 15.8. The highest BCUT2D eigenvalue weighted by Crippen LogP contribution is 2.19. The number of benzene rings is 1. The minimum Gasteiger partial charge on any atom is -0.399 e. The molecule has 0 unspecified atom stereocenters. The second kappa shape index (κ2) is 7.70. The third-order valence-electron chi connectivity index (χ3n) is 2.65. The number of rotatable bonds is 5.